The molecule has 1 amide bonds. The molecule has 1 aromatic heterocycles. The normalized spacial score (nSPS) is 24.1. The zero-order chi connectivity index (χ0) is 28.1. The molecule has 2 aliphatic rings. The fourth-order valence-corrected chi connectivity index (χ4v) is 6.43. The third kappa shape index (κ3) is 5.33. The third-order valence-corrected chi connectivity index (χ3v) is 9.28. The summed E-state index contributed by atoms with van der Waals surface area (Å²) in [7, 11) is 3.99. The maximum Gasteiger partial charge on any atom is 0.226 e. The summed E-state index contributed by atoms with van der Waals surface area (Å²) < 4.78 is 30.5. The molecule has 2 aromatic carbocycles. The predicted octanol–water partition coefficient (Wildman–Crippen LogP) is 6.04. The molecule has 2 fully saturated rings. The van der Waals surface area contributed by atoms with E-state index in [1.54, 1.807) is 0 Å². The van der Waals surface area contributed by atoms with E-state index in [4.69, 9.17) is 16.6 Å². The van der Waals surface area contributed by atoms with Crippen molar-refractivity contribution in [2.45, 2.75) is 63.8 Å². The molecule has 2 heterocycles. The molecule has 6 nitrogen and oxygen atoms in total. The zero-order valence-electron chi connectivity index (χ0n) is 23.2. The minimum absolute atomic E-state index is 0.0544. The summed E-state index contributed by atoms with van der Waals surface area (Å²) >= 11 is 6.24. The topological polar surface area (TPSA) is 54.3 Å². The Morgan fingerprint density at radius 1 is 1.08 bits per heavy atom. The molecule has 3 aromatic rings. The van der Waals surface area contributed by atoms with Gasteiger partial charge in [0, 0.05) is 47.5 Å². The highest BCUT2D eigenvalue weighted by Crippen LogP contribution is 2.49. The van der Waals surface area contributed by atoms with E-state index in [0.29, 0.717) is 42.3 Å². The quantitative estimate of drug-likeness (QED) is 0.385. The van der Waals surface area contributed by atoms with Gasteiger partial charge < -0.3 is 9.80 Å². The fourth-order valence-electron chi connectivity index (χ4n) is 6.31. The van der Waals surface area contributed by atoms with Crippen molar-refractivity contribution in [3.05, 3.63) is 75.8 Å². The van der Waals surface area contributed by atoms with Crippen LogP contribution in [0.1, 0.15) is 67.2 Å². The van der Waals surface area contributed by atoms with Crippen LogP contribution in [-0.2, 0) is 4.79 Å². The van der Waals surface area contributed by atoms with Crippen molar-refractivity contribution < 1.29 is 13.6 Å². The highest BCUT2D eigenvalue weighted by molar-refractivity contribution is 6.31. The van der Waals surface area contributed by atoms with E-state index in [-0.39, 0.29) is 29.2 Å². The van der Waals surface area contributed by atoms with Crippen LogP contribution >= 0.6 is 11.6 Å². The van der Waals surface area contributed by atoms with Gasteiger partial charge in [0.25, 0.3) is 0 Å². The molecular weight excluding hydrogens is 520 g/mol. The number of hydrogen-bond donors (Lipinski definition) is 0. The number of aryl methyl sites for hydroxylation is 2. The van der Waals surface area contributed by atoms with Gasteiger partial charge in [-0.1, -0.05) is 17.7 Å². The molecule has 9 heteroatoms. The van der Waals surface area contributed by atoms with Crippen molar-refractivity contribution in [1.82, 2.24) is 24.6 Å². The van der Waals surface area contributed by atoms with Crippen LogP contribution < -0.4 is 0 Å². The van der Waals surface area contributed by atoms with E-state index in [9.17, 15) is 13.6 Å². The molecule has 208 valence electrons. The van der Waals surface area contributed by atoms with Gasteiger partial charge >= 0.3 is 0 Å². The number of amides is 1. The van der Waals surface area contributed by atoms with Crippen LogP contribution in [0.25, 0.3) is 5.69 Å². The molecule has 0 spiro atoms. The average Bonchev–Trinajstić information content (AvgIpc) is 3.46. The number of likely N-dealkylation sites (tertiary alicyclic amines) is 1. The van der Waals surface area contributed by atoms with Crippen LogP contribution in [0.5, 0.6) is 0 Å². The number of benzene rings is 2. The molecule has 0 unspecified atom stereocenters. The van der Waals surface area contributed by atoms with Crippen LogP contribution in [0.2, 0.25) is 5.02 Å². The van der Waals surface area contributed by atoms with E-state index in [2.05, 4.69) is 16.9 Å². The second-order valence-corrected chi connectivity index (χ2v) is 12.0. The summed E-state index contributed by atoms with van der Waals surface area (Å²) in [5, 5.41) is 5.36. The Balaban J connectivity index is 1.35. The monoisotopic (exact) mass is 555 g/mol. The van der Waals surface area contributed by atoms with Crippen LogP contribution in [0.15, 0.2) is 36.4 Å². The van der Waals surface area contributed by atoms with Crippen molar-refractivity contribution in [2.24, 2.45) is 5.92 Å². The molecular formula is C30H36ClF2N5O. The lowest BCUT2D eigenvalue weighted by molar-refractivity contribution is -0.137. The van der Waals surface area contributed by atoms with Crippen molar-refractivity contribution >= 4 is 17.5 Å². The van der Waals surface area contributed by atoms with Gasteiger partial charge in [-0.3, -0.25) is 4.79 Å². The number of aromatic nitrogens is 3. The molecule has 39 heavy (non-hydrogen) atoms. The zero-order valence-corrected chi connectivity index (χ0v) is 24.0. The first-order valence-electron chi connectivity index (χ1n) is 13.6. The highest BCUT2D eigenvalue weighted by atomic mass is 35.5. The first-order chi connectivity index (χ1) is 18.5. The van der Waals surface area contributed by atoms with Crippen LogP contribution in [-0.4, -0.2) is 63.2 Å². The molecule has 1 saturated heterocycles. The number of carbonyl (C=O) groups is 1. The first kappa shape index (κ1) is 27.7. The number of rotatable bonds is 5. The Morgan fingerprint density at radius 3 is 2.44 bits per heavy atom. The van der Waals surface area contributed by atoms with Crippen LogP contribution in [0.4, 0.5) is 8.78 Å². The average molecular weight is 556 g/mol. The Labute approximate surface area is 234 Å². The minimum Gasteiger partial charge on any atom is -0.342 e. The van der Waals surface area contributed by atoms with Crippen molar-refractivity contribution in [3.8, 4) is 5.69 Å². The summed E-state index contributed by atoms with van der Waals surface area (Å²) in [5.74, 6) is -0.0363. The van der Waals surface area contributed by atoms with E-state index in [1.807, 2.05) is 55.7 Å². The Morgan fingerprint density at radius 2 is 1.79 bits per heavy atom. The van der Waals surface area contributed by atoms with Gasteiger partial charge in [-0.2, -0.15) is 5.10 Å². The number of hydrogen-bond acceptors (Lipinski definition) is 4. The minimum atomic E-state index is -0.605. The summed E-state index contributed by atoms with van der Waals surface area (Å²) in [6.45, 7) is 7.17. The molecule has 0 N–H and O–H groups in total. The summed E-state index contributed by atoms with van der Waals surface area (Å²) in [6, 6.07) is 9.55. The van der Waals surface area contributed by atoms with Crippen LogP contribution in [0, 0.1) is 31.4 Å². The number of nitrogens with zero attached hydrogens (tertiary/aromatic N) is 5. The number of halogens is 3. The van der Waals surface area contributed by atoms with Crippen molar-refractivity contribution in [1.29, 1.82) is 0 Å². The highest BCUT2D eigenvalue weighted by Gasteiger charge is 2.49. The number of piperidine rings is 1. The maximum absolute atomic E-state index is 14.9. The van der Waals surface area contributed by atoms with Gasteiger partial charge in [0.05, 0.1) is 5.69 Å². The molecule has 1 aliphatic carbocycles. The molecule has 3 atom stereocenters. The molecule has 0 radical (unpaired) electrons. The lowest BCUT2D eigenvalue weighted by Gasteiger charge is -2.35. The van der Waals surface area contributed by atoms with Gasteiger partial charge in [0.15, 0.2) is 0 Å². The standard InChI is InChI=1S/C30H36ClF2N5O/c1-18-14-22(7-9-26(18)31)38-28(34-19(2)35-38)20-10-12-37(13-11-20)29(39)25-17-30(3,36(4)5)16-24(25)23-8-6-21(32)15-27(23)33/h6-9,14-15,20,24-25H,10-13,16-17H2,1-5H3/t24-,25+,30-/m0/s1. The van der Waals surface area contributed by atoms with E-state index in [1.165, 1.54) is 12.1 Å². The first-order valence-corrected chi connectivity index (χ1v) is 14.0. The largest absolute Gasteiger partial charge is 0.342 e. The second-order valence-electron chi connectivity index (χ2n) is 11.6. The number of carbonyl (C=O) groups excluding carboxylic acids is 1. The lowest BCUT2D eigenvalue weighted by Crippen LogP contribution is -2.43. The van der Waals surface area contributed by atoms with Gasteiger partial charge in [-0.15, -0.1) is 0 Å². The van der Waals surface area contributed by atoms with Gasteiger partial charge in [-0.05, 0) is 95.9 Å². The lowest BCUT2D eigenvalue weighted by atomic mass is 9.86. The SMILES string of the molecule is Cc1nc(C2CCN(C(=O)[C@@H]3C[C@@](C)(N(C)C)C[C@H]3c3ccc(F)cc3F)CC2)n(-c2ccc(Cl)c(C)c2)n1. The molecule has 0 bridgehead atoms. The molecule has 5 rings (SSSR count). The Hall–Kier alpha value is -2.84. The van der Waals surface area contributed by atoms with Gasteiger partial charge in [-0.25, -0.2) is 18.4 Å². The Bertz CT molecular complexity index is 1380. The fraction of sp³-hybridized carbons (Fsp3) is 0.500. The van der Waals surface area contributed by atoms with E-state index in [0.717, 1.165) is 36.0 Å². The third-order valence-electron chi connectivity index (χ3n) is 8.86. The van der Waals surface area contributed by atoms with Gasteiger partial charge in [0.2, 0.25) is 5.91 Å². The van der Waals surface area contributed by atoms with Gasteiger partial charge in [0.1, 0.15) is 23.3 Å². The maximum atomic E-state index is 14.9. The Kier molecular flexibility index (Phi) is 7.55. The van der Waals surface area contributed by atoms with Crippen molar-refractivity contribution in [2.75, 3.05) is 27.2 Å². The van der Waals surface area contributed by atoms with Crippen molar-refractivity contribution in [3.63, 3.8) is 0 Å². The van der Waals surface area contributed by atoms with E-state index < -0.39 is 11.6 Å². The molecule has 1 aliphatic heterocycles. The smallest absolute Gasteiger partial charge is 0.226 e. The van der Waals surface area contributed by atoms with Crippen LogP contribution in [0.3, 0.4) is 0 Å². The summed E-state index contributed by atoms with van der Waals surface area (Å²) in [6.07, 6.45) is 2.80. The molecule has 1 saturated carbocycles. The summed E-state index contributed by atoms with van der Waals surface area (Å²) in [4.78, 5) is 22.7. The predicted molar refractivity (Wildman–Crippen MR) is 148 cm³/mol. The van der Waals surface area contributed by atoms with E-state index >= 15 is 0 Å². The summed E-state index contributed by atoms with van der Waals surface area (Å²) in [5.41, 5.74) is 2.07. The second kappa shape index (κ2) is 10.6.